The predicted octanol–water partition coefficient (Wildman–Crippen LogP) is 6.06. The number of para-hydroxylation sites is 1. The molecule has 30 heavy (non-hydrogen) atoms. The van der Waals surface area contributed by atoms with Crippen molar-refractivity contribution in [2.75, 3.05) is 12.0 Å². The van der Waals surface area contributed by atoms with Gasteiger partial charge in [-0.05, 0) is 55.5 Å². The minimum absolute atomic E-state index is 0.156. The van der Waals surface area contributed by atoms with Crippen LogP contribution in [0, 0.1) is 3.95 Å². The smallest absolute Gasteiger partial charge is 0.338 e. The van der Waals surface area contributed by atoms with E-state index in [9.17, 15) is 9.90 Å². The first-order valence-electron chi connectivity index (χ1n) is 8.81. The predicted molar refractivity (Wildman–Crippen MR) is 120 cm³/mol. The Hall–Kier alpha value is -3.15. The summed E-state index contributed by atoms with van der Waals surface area (Å²) in [5.74, 6) is -0.550. The highest BCUT2D eigenvalue weighted by Gasteiger charge is 2.14. The molecule has 2 aromatic heterocycles. The lowest BCUT2D eigenvalue weighted by molar-refractivity contribution is 0.0526. The van der Waals surface area contributed by atoms with Crippen LogP contribution in [0.4, 0.5) is 15.8 Å². The number of esters is 1. The van der Waals surface area contributed by atoms with E-state index < -0.39 is 5.97 Å². The van der Waals surface area contributed by atoms with E-state index in [1.54, 1.807) is 31.2 Å². The van der Waals surface area contributed by atoms with Gasteiger partial charge >= 0.3 is 5.97 Å². The van der Waals surface area contributed by atoms with Gasteiger partial charge in [0.15, 0.2) is 3.95 Å². The van der Waals surface area contributed by atoms with E-state index in [4.69, 9.17) is 17.0 Å². The molecule has 152 valence electrons. The van der Waals surface area contributed by atoms with Crippen LogP contribution in [0.15, 0.2) is 58.8 Å². The van der Waals surface area contributed by atoms with Crippen LogP contribution >= 0.6 is 34.9 Å². The summed E-state index contributed by atoms with van der Waals surface area (Å²) in [4.78, 5) is 16.2. The number of ether oxygens (including phenoxy) is 1. The van der Waals surface area contributed by atoms with Crippen molar-refractivity contribution in [3.63, 3.8) is 0 Å². The van der Waals surface area contributed by atoms with Gasteiger partial charge in [-0.2, -0.15) is 4.68 Å². The van der Waals surface area contributed by atoms with E-state index in [0.717, 1.165) is 21.6 Å². The fourth-order valence-corrected chi connectivity index (χ4v) is 4.39. The van der Waals surface area contributed by atoms with Gasteiger partial charge in [0.1, 0.15) is 0 Å². The van der Waals surface area contributed by atoms with Crippen molar-refractivity contribution in [2.24, 2.45) is 10.2 Å². The molecule has 0 aliphatic carbocycles. The van der Waals surface area contributed by atoms with Crippen molar-refractivity contribution in [3.8, 4) is 5.88 Å². The van der Waals surface area contributed by atoms with Crippen LogP contribution in [0.2, 0.25) is 0 Å². The quantitative estimate of drug-likeness (QED) is 0.207. The maximum Gasteiger partial charge on any atom is 0.338 e. The molecule has 0 aliphatic rings. The van der Waals surface area contributed by atoms with Crippen molar-refractivity contribution < 1.29 is 14.6 Å². The molecule has 0 saturated carbocycles. The number of nitrogens with zero attached hydrogens (tertiary/aromatic N) is 4. The van der Waals surface area contributed by atoms with Gasteiger partial charge in [0.05, 0.1) is 28.1 Å². The molecule has 8 nitrogen and oxygen atoms in total. The molecule has 0 radical (unpaired) electrons. The molecule has 0 unspecified atom stereocenters. The van der Waals surface area contributed by atoms with Crippen LogP contribution < -0.4 is 5.43 Å². The second-order valence-electron chi connectivity index (χ2n) is 5.90. The fraction of sp³-hybridized carbons (Fsp3) is 0.105. The lowest BCUT2D eigenvalue weighted by atomic mass is 10.2. The third-order valence-electron chi connectivity index (χ3n) is 3.91. The summed E-state index contributed by atoms with van der Waals surface area (Å²) >= 11 is 7.88. The Balaban J connectivity index is 1.53. The molecule has 2 aromatic carbocycles. The Morgan fingerprint density at radius 1 is 1.20 bits per heavy atom. The maximum atomic E-state index is 11.7. The van der Waals surface area contributed by atoms with Crippen LogP contribution in [-0.4, -0.2) is 27.3 Å². The van der Waals surface area contributed by atoms with Gasteiger partial charge in [0.25, 0.3) is 5.88 Å². The molecule has 0 aliphatic heterocycles. The molecular formula is C19H15N5O3S3. The standard InChI is InChI=1S/C19H15N5O3S3/c1-2-27-17(26)11-7-9-12(10-8-11)21-22-15-16(25)24(19(28)30-15)23-18-20-13-5-3-4-6-14(13)29-18/h3-10,25H,2H2,1H3,(H,20,23). The normalized spacial score (nSPS) is 11.2. The lowest BCUT2D eigenvalue weighted by Gasteiger charge is -2.03. The summed E-state index contributed by atoms with van der Waals surface area (Å²) in [6, 6.07) is 14.2. The van der Waals surface area contributed by atoms with E-state index in [0.29, 0.717) is 26.9 Å². The van der Waals surface area contributed by atoms with Crippen molar-refractivity contribution in [2.45, 2.75) is 6.92 Å². The third kappa shape index (κ3) is 4.22. The molecule has 0 spiro atoms. The molecule has 0 saturated heterocycles. The zero-order chi connectivity index (χ0) is 21.1. The van der Waals surface area contributed by atoms with E-state index in [1.165, 1.54) is 16.0 Å². The van der Waals surface area contributed by atoms with Crippen molar-refractivity contribution in [3.05, 3.63) is 58.0 Å². The summed E-state index contributed by atoms with van der Waals surface area (Å²) < 4.78 is 7.68. The molecule has 0 fully saturated rings. The van der Waals surface area contributed by atoms with Gasteiger partial charge in [-0.1, -0.05) is 34.8 Å². The number of carbonyl (C=O) groups excluding carboxylic acids is 1. The highest BCUT2D eigenvalue weighted by molar-refractivity contribution is 7.73. The van der Waals surface area contributed by atoms with Gasteiger partial charge in [-0.25, -0.2) is 9.78 Å². The molecule has 0 amide bonds. The lowest BCUT2D eigenvalue weighted by Crippen LogP contribution is -2.07. The number of hydrogen-bond donors (Lipinski definition) is 2. The van der Waals surface area contributed by atoms with Crippen molar-refractivity contribution in [1.82, 2.24) is 9.66 Å². The Morgan fingerprint density at radius 3 is 2.70 bits per heavy atom. The number of benzene rings is 2. The number of carbonyl (C=O) groups is 1. The fourth-order valence-electron chi connectivity index (χ4n) is 2.52. The molecule has 4 rings (SSSR count). The molecule has 2 N–H and O–H groups in total. The summed E-state index contributed by atoms with van der Waals surface area (Å²) in [5.41, 5.74) is 4.82. The van der Waals surface area contributed by atoms with Crippen molar-refractivity contribution >= 4 is 66.9 Å². The van der Waals surface area contributed by atoms with Crippen LogP contribution in [0.25, 0.3) is 10.2 Å². The van der Waals surface area contributed by atoms with Crippen LogP contribution in [0.5, 0.6) is 5.88 Å². The van der Waals surface area contributed by atoms with Gasteiger partial charge in [0, 0.05) is 0 Å². The van der Waals surface area contributed by atoms with Gasteiger partial charge in [-0.3, -0.25) is 5.43 Å². The van der Waals surface area contributed by atoms with Gasteiger partial charge < -0.3 is 9.84 Å². The first-order valence-corrected chi connectivity index (χ1v) is 10.9. The second-order valence-corrected chi connectivity index (χ2v) is 8.55. The number of aromatic hydroxyl groups is 1. The van der Waals surface area contributed by atoms with E-state index in [2.05, 4.69) is 20.6 Å². The average Bonchev–Trinajstić information content (AvgIpc) is 3.28. The monoisotopic (exact) mass is 457 g/mol. The minimum atomic E-state index is -0.394. The molecule has 0 atom stereocenters. The van der Waals surface area contributed by atoms with E-state index in [1.807, 2.05) is 24.3 Å². The topological polar surface area (TPSA) is 101 Å². The minimum Gasteiger partial charge on any atom is -0.491 e. The average molecular weight is 458 g/mol. The summed E-state index contributed by atoms with van der Waals surface area (Å²) in [5, 5.41) is 19.5. The SMILES string of the molecule is CCOC(=O)c1ccc(N=Nc2sc(=S)n(Nc3nc4ccccc4s3)c2O)cc1. The Morgan fingerprint density at radius 2 is 1.97 bits per heavy atom. The Bertz CT molecular complexity index is 1260. The van der Waals surface area contributed by atoms with E-state index in [-0.39, 0.29) is 10.9 Å². The van der Waals surface area contributed by atoms with Crippen molar-refractivity contribution in [1.29, 1.82) is 0 Å². The molecule has 4 aromatic rings. The zero-order valence-electron chi connectivity index (χ0n) is 15.6. The summed E-state index contributed by atoms with van der Waals surface area (Å²) in [6.07, 6.45) is 0. The zero-order valence-corrected chi connectivity index (χ0v) is 18.1. The highest BCUT2D eigenvalue weighted by Crippen LogP contribution is 2.36. The number of aromatic nitrogens is 2. The van der Waals surface area contributed by atoms with Crippen LogP contribution in [-0.2, 0) is 4.74 Å². The highest BCUT2D eigenvalue weighted by atomic mass is 32.1. The van der Waals surface area contributed by atoms with Crippen LogP contribution in [0.3, 0.4) is 0 Å². The summed E-state index contributed by atoms with van der Waals surface area (Å²) in [7, 11) is 0. The van der Waals surface area contributed by atoms with Gasteiger partial charge in [-0.15, -0.1) is 10.2 Å². The Kier molecular flexibility index (Phi) is 5.84. The molecule has 0 bridgehead atoms. The molecule has 11 heteroatoms. The summed E-state index contributed by atoms with van der Waals surface area (Å²) in [6.45, 7) is 2.06. The largest absolute Gasteiger partial charge is 0.491 e. The number of fused-ring (bicyclic) bond motifs is 1. The number of nitrogens with one attached hydrogen (secondary N) is 1. The maximum absolute atomic E-state index is 11.7. The number of azo groups is 1. The second kappa shape index (κ2) is 8.69. The molecule has 2 heterocycles. The van der Waals surface area contributed by atoms with E-state index >= 15 is 0 Å². The van der Waals surface area contributed by atoms with Crippen LogP contribution in [0.1, 0.15) is 17.3 Å². The number of rotatable bonds is 6. The third-order valence-corrected chi connectivity index (χ3v) is 6.09. The Labute approximate surface area is 184 Å². The first kappa shape index (κ1) is 20.1. The molecular weight excluding hydrogens is 442 g/mol. The number of hydrogen-bond acceptors (Lipinski definition) is 10. The number of anilines is 1. The number of thiazole rings is 2. The first-order chi connectivity index (χ1) is 14.5. The van der Waals surface area contributed by atoms with Gasteiger partial charge in [0.2, 0.25) is 10.1 Å².